The van der Waals surface area contributed by atoms with Crippen LogP contribution in [0.25, 0.3) is 0 Å². The molecule has 2 aromatic carbocycles. The fourth-order valence-corrected chi connectivity index (χ4v) is 4.38. The lowest BCUT2D eigenvalue weighted by Gasteiger charge is -2.28. The SMILES string of the molecule is C=CCOc1ccc(/C=N\N[C@@H](O)COc2ccc([C@@H]3NC(=O)NC(C)=C3C(=O)OC)cc2OCC)cc1I. The number of carbonyl (C=O) groups excluding carboxylic acids is 2. The number of carbonyl (C=O) groups is 2. The summed E-state index contributed by atoms with van der Waals surface area (Å²) >= 11 is 2.17. The van der Waals surface area contributed by atoms with Gasteiger partial charge in [0.15, 0.2) is 17.7 Å². The first-order valence-corrected chi connectivity index (χ1v) is 13.1. The summed E-state index contributed by atoms with van der Waals surface area (Å²) in [6.07, 6.45) is 2.15. The van der Waals surface area contributed by atoms with E-state index in [-0.39, 0.29) is 12.2 Å². The number of aliphatic hydroxyl groups is 1. The molecule has 1 aliphatic heterocycles. The van der Waals surface area contributed by atoms with Crippen LogP contribution in [-0.4, -0.2) is 56.5 Å². The van der Waals surface area contributed by atoms with E-state index >= 15 is 0 Å². The van der Waals surface area contributed by atoms with Crippen molar-refractivity contribution in [3.05, 3.63) is 75.0 Å². The molecular weight excluding hydrogens is 619 g/mol. The van der Waals surface area contributed by atoms with Crippen molar-refractivity contribution in [3.8, 4) is 17.2 Å². The number of nitrogens with zero attached hydrogens (tertiary/aromatic N) is 1. The minimum atomic E-state index is -1.11. The molecule has 2 aromatic rings. The van der Waals surface area contributed by atoms with Gasteiger partial charge in [-0.1, -0.05) is 18.7 Å². The largest absolute Gasteiger partial charge is 0.490 e. The maximum absolute atomic E-state index is 12.4. The Morgan fingerprint density at radius 2 is 1.97 bits per heavy atom. The number of allylic oxidation sites excluding steroid dienone is 1. The van der Waals surface area contributed by atoms with E-state index in [1.54, 1.807) is 37.4 Å². The lowest BCUT2D eigenvalue weighted by Crippen LogP contribution is -2.45. The van der Waals surface area contributed by atoms with Gasteiger partial charge in [-0.2, -0.15) is 5.10 Å². The van der Waals surface area contributed by atoms with E-state index in [2.05, 4.69) is 50.3 Å². The topological polar surface area (TPSA) is 140 Å². The molecule has 1 aliphatic rings. The van der Waals surface area contributed by atoms with Crippen molar-refractivity contribution in [2.75, 3.05) is 26.9 Å². The molecule has 0 bridgehead atoms. The Balaban J connectivity index is 1.66. The van der Waals surface area contributed by atoms with E-state index in [0.717, 1.165) is 14.9 Å². The Morgan fingerprint density at radius 3 is 2.67 bits per heavy atom. The lowest BCUT2D eigenvalue weighted by atomic mass is 9.95. The van der Waals surface area contributed by atoms with Crippen molar-refractivity contribution in [2.24, 2.45) is 5.10 Å². The summed E-state index contributed by atoms with van der Waals surface area (Å²) in [5.74, 6) is 0.939. The molecule has 0 saturated heterocycles. The number of amides is 2. The highest BCUT2D eigenvalue weighted by Gasteiger charge is 2.32. The van der Waals surface area contributed by atoms with Gasteiger partial charge in [-0.05, 0) is 77.9 Å². The first-order valence-electron chi connectivity index (χ1n) is 12.0. The molecule has 0 aromatic heterocycles. The maximum atomic E-state index is 12.4. The van der Waals surface area contributed by atoms with Gasteiger partial charge >= 0.3 is 12.0 Å². The quantitative estimate of drug-likeness (QED) is 0.0647. The Labute approximate surface area is 240 Å². The molecule has 39 heavy (non-hydrogen) atoms. The minimum Gasteiger partial charge on any atom is -0.490 e. The second-order valence-corrected chi connectivity index (χ2v) is 9.37. The summed E-state index contributed by atoms with van der Waals surface area (Å²) < 4.78 is 22.9. The van der Waals surface area contributed by atoms with Gasteiger partial charge in [0.1, 0.15) is 19.0 Å². The molecular formula is C27H31IN4O7. The van der Waals surface area contributed by atoms with Crippen molar-refractivity contribution >= 4 is 40.8 Å². The lowest BCUT2D eigenvalue weighted by molar-refractivity contribution is -0.136. The second-order valence-electron chi connectivity index (χ2n) is 8.20. The molecule has 3 rings (SSSR count). The monoisotopic (exact) mass is 650 g/mol. The van der Waals surface area contributed by atoms with Gasteiger partial charge in [-0.25, -0.2) is 9.59 Å². The van der Waals surface area contributed by atoms with Crippen LogP contribution in [0.5, 0.6) is 17.2 Å². The zero-order valence-corrected chi connectivity index (χ0v) is 24.0. The molecule has 2 atom stereocenters. The standard InChI is InChI=1S/C27H31IN4O7/c1-5-11-38-20-9-7-17(12-19(20)28)14-29-32-23(33)15-39-21-10-8-18(13-22(21)37-6-2)25-24(26(34)36-4)16(3)30-27(35)31-25/h5,7-10,12-14,23,25,32-33H,1,6,11,15H2,2-4H3,(H2,30,31,35)/b29-14-/t23-,25-/m0/s1. The van der Waals surface area contributed by atoms with Crippen molar-refractivity contribution in [1.29, 1.82) is 0 Å². The number of hydrazone groups is 1. The van der Waals surface area contributed by atoms with Crippen LogP contribution < -0.4 is 30.3 Å². The molecule has 12 heteroatoms. The van der Waals surface area contributed by atoms with Crippen LogP contribution >= 0.6 is 22.6 Å². The fraction of sp³-hybridized carbons (Fsp3) is 0.296. The van der Waals surface area contributed by atoms with Crippen LogP contribution in [0.3, 0.4) is 0 Å². The summed E-state index contributed by atoms with van der Waals surface area (Å²) in [4.78, 5) is 24.5. The van der Waals surface area contributed by atoms with Crippen LogP contribution in [0.1, 0.15) is 31.0 Å². The molecule has 2 amide bonds. The number of esters is 1. The average molecular weight is 650 g/mol. The number of nitrogens with one attached hydrogen (secondary N) is 3. The summed E-state index contributed by atoms with van der Waals surface area (Å²) in [6, 6.07) is 9.42. The van der Waals surface area contributed by atoms with E-state index in [1.807, 2.05) is 25.1 Å². The number of methoxy groups -OCH3 is 1. The number of rotatable bonds is 13. The van der Waals surface area contributed by atoms with E-state index in [1.165, 1.54) is 7.11 Å². The Hall–Kier alpha value is -3.78. The Kier molecular flexibility index (Phi) is 11.0. The molecule has 208 valence electrons. The summed E-state index contributed by atoms with van der Waals surface area (Å²) in [5, 5.41) is 19.7. The molecule has 0 radical (unpaired) electrons. The van der Waals surface area contributed by atoms with Crippen LogP contribution in [0.4, 0.5) is 4.79 Å². The van der Waals surface area contributed by atoms with Crippen LogP contribution in [0.2, 0.25) is 0 Å². The molecule has 1 heterocycles. The zero-order valence-electron chi connectivity index (χ0n) is 21.8. The number of aliphatic hydroxyl groups excluding tert-OH is 1. The minimum absolute atomic E-state index is 0.126. The number of benzene rings is 2. The predicted molar refractivity (Wildman–Crippen MR) is 154 cm³/mol. The molecule has 0 spiro atoms. The Morgan fingerprint density at radius 1 is 1.21 bits per heavy atom. The van der Waals surface area contributed by atoms with Gasteiger partial charge in [-0.3, -0.25) is 5.43 Å². The fourth-order valence-electron chi connectivity index (χ4n) is 3.68. The van der Waals surface area contributed by atoms with E-state index in [9.17, 15) is 14.7 Å². The highest BCUT2D eigenvalue weighted by molar-refractivity contribution is 14.1. The highest BCUT2D eigenvalue weighted by Crippen LogP contribution is 2.35. The van der Waals surface area contributed by atoms with Gasteiger partial charge < -0.3 is 34.7 Å². The highest BCUT2D eigenvalue weighted by atomic mass is 127. The maximum Gasteiger partial charge on any atom is 0.337 e. The van der Waals surface area contributed by atoms with Gasteiger partial charge in [-0.15, -0.1) is 0 Å². The molecule has 4 N–H and O–H groups in total. The average Bonchev–Trinajstić information content (AvgIpc) is 2.91. The summed E-state index contributed by atoms with van der Waals surface area (Å²) in [6.45, 7) is 7.72. The van der Waals surface area contributed by atoms with Crippen LogP contribution in [-0.2, 0) is 9.53 Å². The molecule has 0 unspecified atom stereocenters. The molecule has 0 fully saturated rings. The van der Waals surface area contributed by atoms with Gasteiger partial charge in [0.25, 0.3) is 0 Å². The number of urea groups is 1. The van der Waals surface area contributed by atoms with Gasteiger partial charge in [0.2, 0.25) is 0 Å². The van der Waals surface area contributed by atoms with Gasteiger partial charge in [0, 0.05) is 5.70 Å². The van der Waals surface area contributed by atoms with Crippen LogP contribution in [0, 0.1) is 3.57 Å². The number of hydrogen-bond donors (Lipinski definition) is 4. The molecule has 11 nitrogen and oxygen atoms in total. The third-order valence-electron chi connectivity index (χ3n) is 5.42. The van der Waals surface area contributed by atoms with E-state index < -0.39 is 24.3 Å². The van der Waals surface area contributed by atoms with Crippen LogP contribution in [0.15, 0.2) is 65.4 Å². The van der Waals surface area contributed by atoms with E-state index in [4.69, 9.17) is 18.9 Å². The third-order valence-corrected chi connectivity index (χ3v) is 6.26. The van der Waals surface area contributed by atoms with Crippen molar-refractivity contribution < 1.29 is 33.6 Å². The first kappa shape index (κ1) is 29.8. The Bertz CT molecular complexity index is 1260. The number of hydrogen-bond acceptors (Lipinski definition) is 9. The molecule has 0 saturated carbocycles. The third kappa shape index (κ3) is 8.10. The summed E-state index contributed by atoms with van der Waals surface area (Å²) in [7, 11) is 1.28. The van der Waals surface area contributed by atoms with E-state index in [0.29, 0.717) is 36.0 Å². The van der Waals surface area contributed by atoms with Crippen molar-refractivity contribution in [1.82, 2.24) is 16.1 Å². The number of ether oxygens (including phenoxy) is 4. The van der Waals surface area contributed by atoms with Crippen molar-refractivity contribution in [3.63, 3.8) is 0 Å². The number of halogens is 1. The second kappa shape index (κ2) is 14.4. The summed E-state index contributed by atoms with van der Waals surface area (Å²) in [5.41, 5.74) is 4.71. The smallest absolute Gasteiger partial charge is 0.337 e. The van der Waals surface area contributed by atoms with Gasteiger partial charge in [0.05, 0.1) is 35.1 Å². The normalized spacial score (nSPS) is 15.7. The first-order chi connectivity index (χ1) is 18.8. The van der Waals surface area contributed by atoms with Crippen molar-refractivity contribution in [2.45, 2.75) is 26.1 Å². The molecule has 0 aliphatic carbocycles. The zero-order chi connectivity index (χ0) is 28.4. The predicted octanol–water partition coefficient (Wildman–Crippen LogP) is 3.38.